The van der Waals surface area contributed by atoms with Crippen LogP contribution in [0.3, 0.4) is 0 Å². The van der Waals surface area contributed by atoms with E-state index in [4.69, 9.17) is 4.74 Å². The molecule has 2 aliphatic heterocycles. The molecule has 0 aromatic heterocycles. The van der Waals surface area contributed by atoms with Crippen LogP contribution in [0.1, 0.15) is 12.8 Å². The molecule has 1 unspecified atom stereocenters. The van der Waals surface area contributed by atoms with Gasteiger partial charge in [0.2, 0.25) is 15.9 Å². The van der Waals surface area contributed by atoms with Gasteiger partial charge < -0.3 is 10.1 Å². The molecule has 2 saturated heterocycles. The maximum Gasteiger partial charge on any atom is 0.237 e. The number of amides is 1. The summed E-state index contributed by atoms with van der Waals surface area (Å²) < 4.78 is 29.3. The number of morpholine rings is 1. The molecule has 0 bridgehead atoms. The number of carbonyl (C=O) groups is 1. The molecule has 6 nitrogen and oxygen atoms in total. The van der Waals surface area contributed by atoms with Gasteiger partial charge in [0.05, 0.1) is 19.0 Å². The SMILES string of the molecule is O=C1CCS(=O)(=O)N1CCC1COCCN1. The van der Waals surface area contributed by atoms with Crippen LogP contribution in [-0.4, -0.2) is 56.7 Å². The van der Waals surface area contributed by atoms with Gasteiger partial charge >= 0.3 is 0 Å². The molecule has 1 atom stereocenters. The zero-order chi connectivity index (χ0) is 11.6. The molecule has 0 aromatic carbocycles. The Kier molecular flexibility index (Phi) is 3.46. The van der Waals surface area contributed by atoms with Crippen LogP contribution in [0.5, 0.6) is 0 Å². The van der Waals surface area contributed by atoms with Crippen molar-refractivity contribution in [1.82, 2.24) is 9.62 Å². The number of ether oxygens (including phenoxy) is 1. The largest absolute Gasteiger partial charge is 0.379 e. The topological polar surface area (TPSA) is 75.7 Å². The van der Waals surface area contributed by atoms with Crippen molar-refractivity contribution < 1.29 is 17.9 Å². The Morgan fingerprint density at radius 2 is 2.31 bits per heavy atom. The van der Waals surface area contributed by atoms with E-state index in [0.29, 0.717) is 19.6 Å². The van der Waals surface area contributed by atoms with E-state index in [2.05, 4.69) is 5.32 Å². The molecule has 2 heterocycles. The third-order valence-corrected chi connectivity index (χ3v) is 4.64. The van der Waals surface area contributed by atoms with E-state index in [1.807, 2.05) is 0 Å². The fraction of sp³-hybridized carbons (Fsp3) is 0.889. The molecule has 0 saturated carbocycles. The number of nitrogens with one attached hydrogen (secondary N) is 1. The van der Waals surface area contributed by atoms with Gasteiger partial charge in [0, 0.05) is 25.6 Å². The zero-order valence-electron chi connectivity index (χ0n) is 9.02. The Balaban J connectivity index is 1.87. The summed E-state index contributed by atoms with van der Waals surface area (Å²) in [5.41, 5.74) is 0. The second-order valence-electron chi connectivity index (χ2n) is 4.05. The molecule has 92 valence electrons. The van der Waals surface area contributed by atoms with Crippen molar-refractivity contribution in [3.05, 3.63) is 0 Å². The summed E-state index contributed by atoms with van der Waals surface area (Å²) >= 11 is 0. The van der Waals surface area contributed by atoms with Crippen LogP contribution in [0.25, 0.3) is 0 Å². The van der Waals surface area contributed by atoms with E-state index in [9.17, 15) is 13.2 Å². The van der Waals surface area contributed by atoms with Gasteiger partial charge in [-0.25, -0.2) is 12.7 Å². The number of sulfonamides is 1. The van der Waals surface area contributed by atoms with E-state index >= 15 is 0 Å². The lowest BCUT2D eigenvalue weighted by molar-refractivity contribution is -0.125. The summed E-state index contributed by atoms with van der Waals surface area (Å²) in [7, 11) is -3.32. The van der Waals surface area contributed by atoms with Gasteiger partial charge in [-0.1, -0.05) is 0 Å². The summed E-state index contributed by atoms with van der Waals surface area (Å²) in [6.45, 7) is 2.33. The minimum absolute atomic E-state index is 0.0412. The van der Waals surface area contributed by atoms with Gasteiger partial charge in [-0.15, -0.1) is 0 Å². The number of hydrogen-bond donors (Lipinski definition) is 1. The average Bonchev–Trinajstić information content (AvgIpc) is 2.52. The summed E-state index contributed by atoms with van der Waals surface area (Å²) in [4.78, 5) is 11.4. The van der Waals surface area contributed by atoms with Crippen molar-refractivity contribution in [2.24, 2.45) is 0 Å². The maximum atomic E-state index is 11.5. The molecule has 0 spiro atoms. The average molecular weight is 248 g/mol. The lowest BCUT2D eigenvalue weighted by Gasteiger charge is -2.25. The molecule has 1 amide bonds. The van der Waals surface area contributed by atoms with E-state index in [1.54, 1.807) is 0 Å². The molecule has 7 heteroatoms. The molecular formula is C9H16N2O4S. The Morgan fingerprint density at radius 3 is 2.88 bits per heavy atom. The summed E-state index contributed by atoms with van der Waals surface area (Å²) in [6.07, 6.45) is 0.738. The normalized spacial score (nSPS) is 29.6. The number of nitrogens with zero attached hydrogens (tertiary/aromatic N) is 1. The molecule has 16 heavy (non-hydrogen) atoms. The van der Waals surface area contributed by atoms with Crippen LogP contribution in [0.4, 0.5) is 0 Å². The molecule has 2 fully saturated rings. The summed E-state index contributed by atoms with van der Waals surface area (Å²) in [6, 6.07) is 0.150. The van der Waals surface area contributed by atoms with Gasteiger partial charge in [-0.2, -0.15) is 0 Å². The molecular weight excluding hydrogens is 232 g/mol. The van der Waals surface area contributed by atoms with E-state index in [0.717, 1.165) is 10.8 Å². The van der Waals surface area contributed by atoms with Crippen molar-refractivity contribution in [3.8, 4) is 0 Å². The van der Waals surface area contributed by atoms with E-state index in [-0.39, 0.29) is 30.7 Å². The quantitative estimate of drug-likeness (QED) is 0.688. The van der Waals surface area contributed by atoms with Crippen molar-refractivity contribution in [2.45, 2.75) is 18.9 Å². The first-order valence-corrected chi connectivity index (χ1v) is 7.05. The molecule has 0 aliphatic carbocycles. The van der Waals surface area contributed by atoms with Crippen LogP contribution in [0, 0.1) is 0 Å². The summed E-state index contributed by atoms with van der Waals surface area (Å²) in [5.74, 6) is -0.322. The monoisotopic (exact) mass is 248 g/mol. The van der Waals surface area contributed by atoms with Gasteiger partial charge in [0.25, 0.3) is 0 Å². The molecule has 0 radical (unpaired) electrons. The minimum atomic E-state index is -3.32. The summed E-state index contributed by atoms with van der Waals surface area (Å²) in [5, 5.41) is 3.23. The first-order chi connectivity index (χ1) is 7.59. The van der Waals surface area contributed by atoms with E-state index in [1.165, 1.54) is 0 Å². The standard InChI is InChI=1S/C9H16N2O4S/c12-9-2-6-16(13,14)11(9)4-1-8-7-15-5-3-10-8/h8,10H,1-7H2. The Hall–Kier alpha value is -0.660. The number of rotatable bonds is 3. The zero-order valence-corrected chi connectivity index (χ0v) is 9.83. The fourth-order valence-electron chi connectivity index (χ4n) is 1.95. The predicted molar refractivity (Wildman–Crippen MR) is 57.3 cm³/mol. The van der Waals surface area contributed by atoms with Gasteiger partial charge in [-0.05, 0) is 6.42 Å². The van der Waals surface area contributed by atoms with Crippen molar-refractivity contribution in [2.75, 3.05) is 32.1 Å². The van der Waals surface area contributed by atoms with Crippen LogP contribution >= 0.6 is 0 Å². The number of hydrogen-bond acceptors (Lipinski definition) is 5. The first-order valence-electron chi connectivity index (χ1n) is 5.44. The highest BCUT2D eigenvalue weighted by Gasteiger charge is 2.34. The smallest absolute Gasteiger partial charge is 0.237 e. The highest BCUT2D eigenvalue weighted by molar-refractivity contribution is 7.90. The Bertz CT molecular complexity index is 362. The third-order valence-electron chi connectivity index (χ3n) is 2.87. The lowest BCUT2D eigenvalue weighted by Crippen LogP contribution is -2.44. The van der Waals surface area contributed by atoms with Crippen LogP contribution in [-0.2, 0) is 19.6 Å². The van der Waals surface area contributed by atoms with Gasteiger partial charge in [-0.3, -0.25) is 4.79 Å². The lowest BCUT2D eigenvalue weighted by atomic mass is 10.2. The highest BCUT2D eigenvalue weighted by atomic mass is 32.2. The predicted octanol–water partition coefficient (Wildman–Crippen LogP) is -1.07. The van der Waals surface area contributed by atoms with Crippen LogP contribution < -0.4 is 5.32 Å². The maximum absolute atomic E-state index is 11.5. The Labute approximate surface area is 95.0 Å². The van der Waals surface area contributed by atoms with Crippen molar-refractivity contribution >= 4 is 15.9 Å². The second-order valence-corrected chi connectivity index (χ2v) is 6.06. The third kappa shape index (κ3) is 2.53. The fourth-order valence-corrected chi connectivity index (χ4v) is 3.39. The van der Waals surface area contributed by atoms with Crippen LogP contribution in [0.15, 0.2) is 0 Å². The highest BCUT2D eigenvalue weighted by Crippen LogP contribution is 2.16. The molecule has 0 aromatic rings. The molecule has 2 aliphatic rings. The van der Waals surface area contributed by atoms with Crippen molar-refractivity contribution in [1.29, 1.82) is 0 Å². The molecule has 2 rings (SSSR count). The van der Waals surface area contributed by atoms with E-state index < -0.39 is 10.0 Å². The molecule has 1 N–H and O–H groups in total. The van der Waals surface area contributed by atoms with Crippen molar-refractivity contribution in [3.63, 3.8) is 0 Å². The minimum Gasteiger partial charge on any atom is -0.379 e. The Morgan fingerprint density at radius 1 is 1.50 bits per heavy atom. The van der Waals surface area contributed by atoms with Gasteiger partial charge in [0.15, 0.2) is 0 Å². The number of carbonyl (C=O) groups excluding carboxylic acids is 1. The van der Waals surface area contributed by atoms with Crippen LogP contribution in [0.2, 0.25) is 0 Å². The second kappa shape index (κ2) is 4.68. The first kappa shape index (κ1) is 11.8. The van der Waals surface area contributed by atoms with Gasteiger partial charge in [0.1, 0.15) is 0 Å².